The van der Waals surface area contributed by atoms with Crippen molar-refractivity contribution in [2.45, 2.75) is 45.1 Å². The molecule has 2 atom stereocenters. The molecule has 6 heteroatoms. The molecule has 18 heavy (non-hydrogen) atoms. The fraction of sp³-hybridized carbons (Fsp3) is 0.833. The molecule has 0 aromatic carbocycles. The molecule has 0 aromatic rings. The zero-order valence-corrected chi connectivity index (χ0v) is 11.7. The molecule has 0 bridgehead atoms. The average molecular weight is 275 g/mol. The third-order valence-electron chi connectivity index (χ3n) is 3.41. The molecule has 0 aromatic heterocycles. The first kappa shape index (κ1) is 15.1. The van der Waals surface area contributed by atoms with Gasteiger partial charge in [0.1, 0.15) is 0 Å². The molecule has 1 rings (SSSR count). The van der Waals surface area contributed by atoms with Crippen LogP contribution in [0.3, 0.4) is 0 Å². The van der Waals surface area contributed by atoms with Crippen LogP contribution >= 0.6 is 0 Å². The molecule has 1 amide bonds. The number of carbonyl (C=O) groups is 2. The van der Waals surface area contributed by atoms with Crippen LogP contribution in [-0.4, -0.2) is 39.2 Å². The van der Waals surface area contributed by atoms with E-state index in [9.17, 15) is 18.9 Å². The molecule has 2 unspecified atom stereocenters. The highest BCUT2D eigenvalue weighted by Gasteiger charge is 2.43. The first-order chi connectivity index (χ1) is 8.35. The molecule has 0 heterocycles. The summed E-state index contributed by atoms with van der Waals surface area (Å²) in [6.07, 6.45) is 4.50. The molecule has 1 fully saturated rings. The first-order valence-corrected chi connectivity index (χ1v) is 7.91. The summed E-state index contributed by atoms with van der Waals surface area (Å²) in [6, 6.07) is -0.185. The Morgan fingerprint density at radius 3 is 2.39 bits per heavy atom. The highest BCUT2D eigenvalue weighted by atomic mass is 32.2. The second-order valence-corrected chi connectivity index (χ2v) is 6.66. The van der Waals surface area contributed by atoms with Crippen LogP contribution in [0.2, 0.25) is 0 Å². The van der Waals surface area contributed by atoms with E-state index in [1.165, 1.54) is 0 Å². The Hall–Kier alpha value is -0.910. The molecule has 0 spiro atoms. The van der Waals surface area contributed by atoms with Crippen molar-refractivity contribution in [3.05, 3.63) is 0 Å². The van der Waals surface area contributed by atoms with Gasteiger partial charge in [-0.2, -0.15) is 0 Å². The third kappa shape index (κ3) is 4.08. The lowest BCUT2D eigenvalue weighted by molar-refractivity contribution is -0.151. The van der Waals surface area contributed by atoms with Gasteiger partial charge in [-0.1, -0.05) is 12.8 Å². The Kier molecular flexibility index (Phi) is 5.31. The number of aliphatic carboxylic acids is 1. The summed E-state index contributed by atoms with van der Waals surface area (Å²) in [7, 11) is -0.966. The maximum absolute atomic E-state index is 11.8. The second kappa shape index (κ2) is 6.31. The zero-order chi connectivity index (χ0) is 13.8. The van der Waals surface area contributed by atoms with Crippen molar-refractivity contribution in [3.63, 3.8) is 0 Å². The van der Waals surface area contributed by atoms with Gasteiger partial charge in [-0.05, 0) is 19.8 Å². The molecule has 1 saturated carbocycles. The van der Waals surface area contributed by atoms with Gasteiger partial charge in [0.15, 0.2) is 0 Å². The number of rotatable bonds is 6. The van der Waals surface area contributed by atoms with Gasteiger partial charge in [0.2, 0.25) is 5.91 Å². The summed E-state index contributed by atoms with van der Waals surface area (Å²) in [5.74, 6) is -0.731. The van der Waals surface area contributed by atoms with Gasteiger partial charge in [-0.15, -0.1) is 0 Å². The van der Waals surface area contributed by atoms with E-state index >= 15 is 0 Å². The van der Waals surface area contributed by atoms with Gasteiger partial charge in [0, 0.05) is 35.3 Å². The van der Waals surface area contributed by atoms with E-state index in [2.05, 4.69) is 5.32 Å². The Morgan fingerprint density at radius 1 is 1.39 bits per heavy atom. The summed E-state index contributed by atoms with van der Waals surface area (Å²) in [4.78, 5) is 23.1. The van der Waals surface area contributed by atoms with Gasteiger partial charge in [0.05, 0.1) is 5.41 Å². The number of amides is 1. The van der Waals surface area contributed by atoms with Crippen LogP contribution in [0.4, 0.5) is 0 Å². The van der Waals surface area contributed by atoms with Gasteiger partial charge in [-0.25, -0.2) is 0 Å². The number of hydrogen-bond donors (Lipinski definition) is 2. The predicted molar refractivity (Wildman–Crippen MR) is 69.7 cm³/mol. The highest BCUT2D eigenvalue weighted by molar-refractivity contribution is 7.84. The largest absolute Gasteiger partial charge is 0.481 e. The van der Waals surface area contributed by atoms with Crippen molar-refractivity contribution in [3.8, 4) is 0 Å². The quantitative estimate of drug-likeness (QED) is 0.754. The Morgan fingerprint density at radius 2 is 1.94 bits per heavy atom. The van der Waals surface area contributed by atoms with Crippen LogP contribution in [0.5, 0.6) is 0 Å². The number of carboxylic acids is 1. The van der Waals surface area contributed by atoms with Crippen molar-refractivity contribution in [2.24, 2.45) is 5.41 Å². The second-order valence-electron chi connectivity index (χ2n) is 5.18. The molecule has 0 aliphatic heterocycles. The number of carbonyl (C=O) groups excluding carboxylic acids is 1. The van der Waals surface area contributed by atoms with Crippen molar-refractivity contribution in [2.75, 3.05) is 12.0 Å². The van der Waals surface area contributed by atoms with Crippen LogP contribution in [0.1, 0.15) is 39.0 Å². The molecular weight excluding hydrogens is 254 g/mol. The Balaban J connectivity index is 2.52. The molecular formula is C12H21NO4S. The fourth-order valence-electron chi connectivity index (χ4n) is 2.54. The van der Waals surface area contributed by atoms with Crippen LogP contribution < -0.4 is 5.32 Å². The lowest BCUT2D eigenvalue weighted by Gasteiger charge is -2.24. The van der Waals surface area contributed by atoms with E-state index in [4.69, 9.17) is 0 Å². The summed E-state index contributed by atoms with van der Waals surface area (Å²) in [6.45, 7) is 1.78. The monoisotopic (exact) mass is 275 g/mol. The maximum atomic E-state index is 11.8. The summed E-state index contributed by atoms with van der Waals surface area (Å²) in [5, 5.41) is 12.0. The molecule has 0 radical (unpaired) electrons. The Labute approximate surface area is 110 Å². The summed E-state index contributed by atoms with van der Waals surface area (Å²) >= 11 is 0. The van der Waals surface area contributed by atoms with Gasteiger partial charge in [0.25, 0.3) is 0 Å². The summed E-state index contributed by atoms with van der Waals surface area (Å²) in [5.41, 5.74) is -0.880. The van der Waals surface area contributed by atoms with E-state index in [-0.39, 0.29) is 18.4 Å². The van der Waals surface area contributed by atoms with Crippen molar-refractivity contribution >= 4 is 22.7 Å². The van der Waals surface area contributed by atoms with E-state index in [0.29, 0.717) is 18.6 Å². The molecule has 1 aliphatic carbocycles. The zero-order valence-electron chi connectivity index (χ0n) is 10.9. The Bertz CT molecular complexity index is 350. The van der Waals surface area contributed by atoms with E-state index in [0.717, 1.165) is 12.8 Å². The highest BCUT2D eigenvalue weighted by Crippen LogP contribution is 2.41. The van der Waals surface area contributed by atoms with Crippen molar-refractivity contribution in [1.29, 1.82) is 0 Å². The molecule has 104 valence electrons. The van der Waals surface area contributed by atoms with E-state index < -0.39 is 22.2 Å². The first-order valence-electron chi connectivity index (χ1n) is 6.18. The average Bonchev–Trinajstić information content (AvgIpc) is 2.65. The lowest BCUT2D eigenvalue weighted by Crippen LogP contribution is -2.41. The predicted octanol–water partition coefficient (Wildman–Crippen LogP) is 0.905. The smallest absolute Gasteiger partial charge is 0.310 e. The number of carboxylic acid groups (broad SMARTS) is 1. The van der Waals surface area contributed by atoms with E-state index in [1.807, 2.05) is 0 Å². The number of hydrogen-bond acceptors (Lipinski definition) is 3. The van der Waals surface area contributed by atoms with Crippen LogP contribution in [-0.2, 0) is 20.4 Å². The van der Waals surface area contributed by atoms with E-state index in [1.54, 1.807) is 13.2 Å². The molecule has 2 N–H and O–H groups in total. The standard InChI is InChI=1S/C12H21NO4S/c1-9(8-18(2)17)13-10(14)7-12(11(15)16)5-3-4-6-12/h9H,3-8H2,1-2H3,(H,13,14)(H,15,16). The van der Waals surface area contributed by atoms with Crippen LogP contribution in [0.15, 0.2) is 0 Å². The lowest BCUT2D eigenvalue weighted by atomic mass is 9.82. The third-order valence-corrected chi connectivity index (χ3v) is 4.37. The normalized spacial score (nSPS) is 21.2. The topological polar surface area (TPSA) is 83.5 Å². The summed E-state index contributed by atoms with van der Waals surface area (Å²) < 4.78 is 11.0. The molecule has 5 nitrogen and oxygen atoms in total. The van der Waals surface area contributed by atoms with Crippen LogP contribution in [0, 0.1) is 5.41 Å². The van der Waals surface area contributed by atoms with Crippen molar-refractivity contribution in [1.82, 2.24) is 5.32 Å². The van der Waals surface area contributed by atoms with Crippen molar-refractivity contribution < 1.29 is 18.9 Å². The number of nitrogens with one attached hydrogen (secondary N) is 1. The maximum Gasteiger partial charge on any atom is 0.310 e. The van der Waals surface area contributed by atoms with Gasteiger partial charge in [-0.3, -0.25) is 13.8 Å². The minimum atomic E-state index is -0.966. The van der Waals surface area contributed by atoms with Crippen LogP contribution in [0.25, 0.3) is 0 Å². The molecule has 1 aliphatic rings. The van der Waals surface area contributed by atoms with Gasteiger partial charge < -0.3 is 10.4 Å². The minimum Gasteiger partial charge on any atom is -0.481 e. The van der Waals surface area contributed by atoms with Gasteiger partial charge >= 0.3 is 5.97 Å². The SMILES string of the molecule is CC(CS(C)=O)NC(=O)CC1(C(=O)O)CCCC1. The molecule has 0 saturated heterocycles. The minimum absolute atomic E-state index is 0.0308. The fourth-order valence-corrected chi connectivity index (χ4v) is 3.33.